The van der Waals surface area contributed by atoms with Crippen molar-refractivity contribution in [3.63, 3.8) is 0 Å². The average molecular weight is 363 g/mol. The summed E-state index contributed by atoms with van der Waals surface area (Å²) in [6, 6.07) is 14.3. The van der Waals surface area contributed by atoms with Gasteiger partial charge in [0.1, 0.15) is 0 Å². The second kappa shape index (κ2) is 7.23. The van der Waals surface area contributed by atoms with Gasteiger partial charge in [0, 0.05) is 19.3 Å². The van der Waals surface area contributed by atoms with Crippen molar-refractivity contribution in [2.45, 2.75) is 25.3 Å². The molecule has 6 nitrogen and oxygen atoms in total. The van der Waals surface area contributed by atoms with E-state index in [1.165, 1.54) is 6.20 Å². The van der Waals surface area contributed by atoms with Crippen LogP contribution < -0.4 is 0 Å². The highest BCUT2D eigenvalue weighted by atomic mass is 16.4. The molecule has 2 aromatic carbocycles. The molecule has 4 rings (SSSR count). The largest absolute Gasteiger partial charge is 0.478 e. The second-order valence-corrected chi connectivity index (χ2v) is 6.94. The minimum atomic E-state index is -0.969. The van der Waals surface area contributed by atoms with Gasteiger partial charge in [0.25, 0.3) is 0 Å². The van der Waals surface area contributed by atoms with Crippen LogP contribution in [0.5, 0.6) is 0 Å². The van der Waals surface area contributed by atoms with E-state index in [0.29, 0.717) is 19.5 Å². The molecule has 1 fully saturated rings. The van der Waals surface area contributed by atoms with Gasteiger partial charge >= 0.3 is 5.97 Å². The van der Waals surface area contributed by atoms with E-state index in [1.54, 1.807) is 10.9 Å². The summed E-state index contributed by atoms with van der Waals surface area (Å²) in [6.45, 7) is 1.33. The number of fused-ring (bicyclic) bond motifs is 1. The molecule has 0 bridgehead atoms. The van der Waals surface area contributed by atoms with E-state index in [9.17, 15) is 9.59 Å². The Bertz CT molecular complexity index is 982. The van der Waals surface area contributed by atoms with E-state index in [0.717, 1.165) is 29.2 Å². The Kier molecular flexibility index (Phi) is 4.62. The molecule has 1 aliphatic rings. The van der Waals surface area contributed by atoms with Gasteiger partial charge in [-0.15, -0.1) is 0 Å². The van der Waals surface area contributed by atoms with Crippen molar-refractivity contribution in [1.82, 2.24) is 14.7 Å². The van der Waals surface area contributed by atoms with E-state index in [2.05, 4.69) is 23.3 Å². The molecule has 0 radical (unpaired) electrons. The van der Waals surface area contributed by atoms with Crippen molar-refractivity contribution in [3.05, 3.63) is 66.0 Å². The van der Waals surface area contributed by atoms with Crippen LogP contribution in [0.2, 0.25) is 0 Å². The minimum Gasteiger partial charge on any atom is -0.478 e. The van der Waals surface area contributed by atoms with Crippen molar-refractivity contribution in [2.75, 3.05) is 13.1 Å². The zero-order valence-electron chi connectivity index (χ0n) is 14.9. The second-order valence-electron chi connectivity index (χ2n) is 6.94. The summed E-state index contributed by atoms with van der Waals surface area (Å²) in [5.74, 6) is -0.833. The predicted molar refractivity (Wildman–Crippen MR) is 102 cm³/mol. The van der Waals surface area contributed by atoms with E-state index < -0.39 is 5.97 Å². The van der Waals surface area contributed by atoms with Gasteiger partial charge in [-0.25, -0.2) is 4.79 Å². The van der Waals surface area contributed by atoms with Crippen molar-refractivity contribution in [1.29, 1.82) is 0 Å². The van der Waals surface area contributed by atoms with Crippen LogP contribution in [-0.2, 0) is 11.2 Å². The number of aromatic nitrogens is 2. The summed E-state index contributed by atoms with van der Waals surface area (Å²) in [7, 11) is 0. The number of nitrogens with zero attached hydrogens (tertiary/aromatic N) is 3. The average Bonchev–Trinajstić information content (AvgIpc) is 3.19. The Morgan fingerprint density at radius 1 is 1.07 bits per heavy atom. The number of carbonyl (C=O) groups excluding carboxylic acids is 1. The van der Waals surface area contributed by atoms with Crippen LogP contribution in [0.25, 0.3) is 10.8 Å². The third-order valence-electron chi connectivity index (χ3n) is 5.26. The summed E-state index contributed by atoms with van der Waals surface area (Å²) in [5, 5.41) is 15.5. The highest BCUT2D eigenvalue weighted by Crippen LogP contribution is 2.24. The highest BCUT2D eigenvalue weighted by Gasteiger charge is 2.25. The molecule has 3 aromatic rings. The van der Waals surface area contributed by atoms with Gasteiger partial charge in [0.2, 0.25) is 5.91 Å². The van der Waals surface area contributed by atoms with Gasteiger partial charge in [0.05, 0.1) is 24.2 Å². The van der Waals surface area contributed by atoms with Crippen molar-refractivity contribution in [3.8, 4) is 0 Å². The predicted octanol–water partition coefficient (Wildman–Crippen LogP) is 3.14. The lowest BCUT2D eigenvalue weighted by Gasteiger charge is -2.32. The molecule has 0 spiro atoms. The molecule has 2 heterocycles. The zero-order valence-corrected chi connectivity index (χ0v) is 14.9. The minimum absolute atomic E-state index is 0.136. The summed E-state index contributed by atoms with van der Waals surface area (Å²) in [6.07, 6.45) is 4.90. The monoisotopic (exact) mass is 363 g/mol. The van der Waals surface area contributed by atoms with E-state index in [1.807, 2.05) is 29.2 Å². The molecule has 1 amide bonds. The maximum absolute atomic E-state index is 12.8. The summed E-state index contributed by atoms with van der Waals surface area (Å²) in [5.41, 5.74) is 1.25. The van der Waals surface area contributed by atoms with Crippen molar-refractivity contribution in [2.24, 2.45) is 0 Å². The number of piperidine rings is 1. The zero-order chi connectivity index (χ0) is 18.8. The Labute approximate surface area is 157 Å². The Hall–Kier alpha value is -3.15. The first-order chi connectivity index (χ1) is 13.1. The van der Waals surface area contributed by atoms with Crippen LogP contribution in [-0.4, -0.2) is 44.8 Å². The molecule has 138 valence electrons. The fourth-order valence-electron chi connectivity index (χ4n) is 3.75. The fourth-order valence-corrected chi connectivity index (χ4v) is 3.75. The number of amides is 1. The molecule has 1 aromatic heterocycles. The molecule has 0 unspecified atom stereocenters. The smallest absolute Gasteiger partial charge is 0.338 e. The number of aromatic carboxylic acids is 1. The number of carboxylic acids is 1. The number of likely N-dealkylation sites (tertiary alicyclic amines) is 1. The van der Waals surface area contributed by atoms with Crippen LogP contribution in [0.4, 0.5) is 0 Å². The summed E-state index contributed by atoms with van der Waals surface area (Å²) >= 11 is 0. The van der Waals surface area contributed by atoms with Crippen molar-refractivity contribution < 1.29 is 14.7 Å². The molecule has 6 heteroatoms. The molecule has 27 heavy (non-hydrogen) atoms. The van der Waals surface area contributed by atoms with Gasteiger partial charge in [-0.3, -0.25) is 9.48 Å². The van der Waals surface area contributed by atoms with Gasteiger partial charge in [-0.1, -0.05) is 42.5 Å². The molecular formula is C21H21N3O3. The van der Waals surface area contributed by atoms with Crippen LogP contribution >= 0.6 is 0 Å². The number of benzene rings is 2. The van der Waals surface area contributed by atoms with Crippen LogP contribution in [0.1, 0.15) is 34.8 Å². The number of carboxylic acid groups (broad SMARTS) is 1. The Morgan fingerprint density at radius 2 is 1.81 bits per heavy atom. The highest BCUT2D eigenvalue weighted by molar-refractivity contribution is 5.90. The number of rotatable bonds is 4. The van der Waals surface area contributed by atoms with Crippen LogP contribution in [0, 0.1) is 0 Å². The molecule has 1 saturated heterocycles. The molecule has 0 aliphatic carbocycles. The summed E-state index contributed by atoms with van der Waals surface area (Å²) < 4.78 is 1.72. The Morgan fingerprint density at radius 3 is 2.56 bits per heavy atom. The first-order valence-electron chi connectivity index (χ1n) is 9.13. The third-order valence-corrected chi connectivity index (χ3v) is 5.26. The quantitative estimate of drug-likeness (QED) is 0.773. The molecular weight excluding hydrogens is 342 g/mol. The van der Waals surface area contributed by atoms with E-state index >= 15 is 0 Å². The Balaban J connectivity index is 1.40. The maximum Gasteiger partial charge on any atom is 0.338 e. The number of hydrogen-bond donors (Lipinski definition) is 1. The van der Waals surface area contributed by atoms with E-state index in [-0.39, 0.29) is 17.5 Å². The topological polar surface area (TPSA) is 75.4 Å². The lowest BCUT2D eigenvalue weighted by Crippen LogP contribution is -2.40. The van der Waals surface area contributed by atoms with Gasteiger partial charge in [-0.2, -0.15) is 5.10 Å². The first kappa shape index (κ1) is 17.3. The van der Waals surface area contributed by atoms with Crippen LogP contribution in [0.3, 0.4) is 0 Å². The van der Waals surface area contributed by atoms with E-state index in [4.69, 9.17) is 5.11 Å². The molecule has 0 atom stereocenters. The maximum atomic E-state index is 12.8. The number of hydrogen-bond acceptors (Lipinski definition) is 3. The molecule has 1 N–H and O–H groups in total. The lowest BCUT2D eigenvalue weighted by atomic mass is 10.0. The number of carbonyl (C=O) groups is 2. The third kappa shape index (κ3) is 3.56. The fraction of sp³-hybridized carbons (Fsp3) is 0.286. The van der Waals surface area contributed by atoms with Crippen molar-refractivity contribution >= 4 is 22.6 Å². The first-order valence-corrected chi connectivity index (χ1v) is 9.13. The summed E-state index contributed by atoms with van der Waals surface area (Å²) in [4.78, 5) is 25.7. The SMILES string of the molecule is O=C(O)c1cnn(C2CCN(C(=O)Cc3cccc4ccccc34)CC2)c1. The van der Waals surface area contributed by atoms with Gasteiger partial charge in [-0.05, 0) is 29.2 Å². The lowest BCUT2D eigenvalue weighted by molar-refractivity contribution is -0.131. The van der Waals surface area contributed by atoms with Crippen LogP contribution in [0.15, 0.2) is 54.9 Å². The normalized spacial score (nSPS) is 15.2. The standard InChI is InChI=1S/C21H21N3O3/c25-20(12-16-6-3-5-15-4-1-2-7-19(15)16)23-10-8-18(9-11-23)24-14-17(13-22-24)21(26)27/h1-7,13-14,18H,8-12H2,(H,26,27). The molecule has 1 aliphatic heterocycles. The molecule has 0 saturated carbocycles. The van der Waals surface area contributed by atoms with Gasteiger partial charge < -0.3 is 10.0 Å². The van der Waals surface area contributed by atoms with Gasteiger partial charge in [0.15, 0.2) is 0 Å².